The SMILES string of the molecule is CCOC(=O)C(c1ccccc1)C(O)C1CCCCC1. The second-order valence-electron chi connectivity index (χ2n) is 5.53. The van der Waals surface area contributed by atoms with Crippen LogP contribution in [0.1, 0.15) is 50.5 Å². The van der Waals surface area contributed by atoms with Crippen molar-refractivity contribution in [2.75, 3.05) is 6.61 Å². The van der Waals surface area contributed by atoms with Gasteiger partial charge in [0.1, 0.15) is 5.92 Å². The Morgan fingerprint density at radius 3 is 2.50 bits per heavy atom. The Morgan fingerprint density at radius 2 is 1.90 bits per heavy atom. The van der Waals surface area contributed by atoms with Crippen LogP contribution in [0, 0.1) is 5.92 Å². The van der Waals surface area contributed by atoms with E-state index in [9.17, 15) is 9.90 Å². The Hall–Kier alpha value is -1.35. The van der Waals surface area contributed by atoms with E-state index in [0.29, 0.717) is 6.61 Å². The fraction of sp³-hybridized carbons (Fsp3) is 0.588. The molecule has 1 aliphatic carbocycles. The molecule has 0 aromatic heterocycles. The van der Waals surface area contributed by atoms with Crippen molar-refractivity contribution in [1.82, 2.24) is 0 Å². The molecule has 20 heavy (non-hydrogen) atoms. The molecule has 1 fully saturated rings. The van der Waals surface area contributed by atoms with Crippen molar-refractivity contribution < 1.29 is 14.6 Å². The van der Waals surface area contributed by atoms with Gasteiger partial charge >= 0.3 is 5.97 Å². The lowest BCUT2D eigenvalue weighted by molar-refractivity contribution is -0.149. The maximum absolute atomic E-state index is 12.2. The summed E-state index contributed by atoms with van der Waals surface area (Å²) in [6.45, 7) is 2.15. The van der Waals surface area contributed by atoms with Gasteiger partial charge in [0.25, 0.3) is 0 Å². The van der Waals surface area contributed by atoms with Crippen molar-refractivity contribution >= 4 is 5.97 Å². The molecule has 110 valence electrons. The van der Waals surface area contributed by atoms with E-state index in [1.807, 2.05) is 30.3 Å². The first-order chi connectivity index (χ1) is 9.74. The summed E-state index contributed by atoms with van der Waals surface area (Å²) < 4.78 is 5.17. The number of rotatable bonds is 5. The number of esters is 1. The van der Waals surface area contributed by atoms with Crippen LogP contribution < -0.4 is 0 Å². The first-order valence-corrected chi connectivity index (χ1v) is 7.63. The summed E-state index contributed by atoms with van der Waals surface area (Å²) in [4.78, 5) is 12.2. The van der Waals surface area contributed by atoms with E-state index in [4.69, 9.17) is 4.74 Å². The minimum Gasteiger partial charge on any atom is -0.465 e. The third kappa shape index (κ3) is 3.60. The number of ether oxygens (including phenoxy) is 1. The van der Waals surface area contributed by atoms with Crippen molar-refractivity contribution in [1.29, 1.82) is 0 Å². The Morgan fingerprint density at radius 1 is 1.25 bits per heavy atom. The standard InChI is InChI=1S/C17H24O3/c1-2-20-17(19)15(13-9-5-3-6-10-13)16(18)14-11-7-4-8-12-14/h3,5-6,9-10,14-16,18H,2,4,7-8,11-12H2,1H3. The van der Waals surface area contributed by atoms with Gasteiger partial charge in [-0.2, -0.15) is 0 Å². The van der Waals surface area contributed by atoms with Gasteiger partial charge in [-0.15, -0.1) is 0 Å². The number of carbonyl (C=O) groups is 1. The van der Waals surface area contributed by atoms with Crippen LogP contribution in [0.15, 0.2) is 30.3 Å². The third-order valence-corrected chi connectivity index (χ3v) is 4.17. The summed E-state index contributed by atoms with van der Waals surface area (Å²) in [7, 11) is 0. The minimum absolute atomic E-state index is 0.207. The van der Waals surface area contributed by atoms with Gasteiger partial charge in [-0.25, -0.2) is 0 Å². The summed E-state index contributed by atoms with van der Waals surface area (Å²) in [5, 5.41) is 10.7. The number of hydrogen-bond donors (Lipinski definition) is 1. The first kappa shape index (κ1) is 15.0. The Labute approximate surface area is 121 Å². The predicted molar refractivity (Wildman–Crippen MR) is 78.4 cm³/mol. The molecule has 0 amide bonds. The maximum atomic E-state index is 12.2. The Bertz CT molecular complexity index is 410. The van der Waals surface area contributed by atoms with Gasteiger partial charge in [0.05, 0.1) is 12.7 Å². The van der Waals surface area contributed by atoms with Crippen LogP contribution in [0.2, 0.25) is 0 Å². The van der Waals surface area contributed by atoms with E-state index >= 15 is 0 Å². The van der Waals surface area contributed by atoms with E-state index in [-0.39, 0.29) is 11.9 Å². The lowest BCUT2D eigenvalue weighted by Gasteiger charge is -2.31. The second-order valence-corrected chi connectivity index (χ2v) is 5.53. The topological polar surface area (TPSA) is 46.5 Å². The lowest BCUT2D eigenvalue weighted by Crippen LogP contribution is -2.35. The molecule has 1 aromatic carbocycles. The van der Waals surface area contributed by atoms with Crippen molar-refractivity contribution in [3.8, 4) is 0 Å². The average molecular weight is 276 g/mol. The molecule has 0 radical (unpaired) electrons. The Balaban J connectivity index is 2.19. The highest BCUT2D eigenvalue weighted by Crippen LogP contribution is 2.34. The molecular weight excluding hydrogens is 252 g/mol. The number of hydrogen-bond acceptors (Lipinski definition) is 3. The predicted octanol–water partition coefficient (Wildman–Crippen LogP) is 3.27. The van der Waals surface area contributed by atoms with Crippen molar-refractivity contribution in [2.24, 2.45) is 5.92 Å². The van der Waals surface area contributed by atoms with Crippen LogP contribution in [0.25, 0.3) is 0 Å². The molecular formula is C17H24O3. The molecule has 2 rings (SSSR count). The second kappa shape index (κ2) is 7.44. The molecule has 2 atom stereocenters. The number of aliphatic hydroxyl groups is 1. The summed E-state index contributed by atoms with van der Waals surface area (Å²) in [5.74, 6) is -0.658. The fourth-order valence-corrected chi connectivity index (χ4v) is 3.11. The lowest BCUT2D eigenvalue weighted by atomic mass is 9.78. The number of benzene rings is 1. The van der Waals surface area contributed by atoms with Crippen molar-refractivity contribution in [2.45, 2.75) is 51.0 Å². The van der Waals surface area contributed by atoms with Crippen LogP contribution in [0.5, 0.6) is 0 Å². The molecule has 0 bridgehead atoms. The van der Waals surface area contributed by atoms with E-state index in [2.05, 4.69) is 0 Å². The quantitative estimate of drug-likeness (QED) is 0.840. The van der Waals surface area contributed by atoms with E-state index in [1.54, 1.807) is 6.92 Å². The third-order valence-electron chi connectivity index (χ3n) is 4.17. The summed E-state index contributed by atoms with van der Waals surface area (Å²) >= 11 is 0. The molecule has 0 aliphatic heterocycles. The van der Waals surface area contributed by atoms with Crippen LogP contribution >= 0.6 is 0 Å². The van der Waals surface area contributed by atoms with Gasteiger partial charge in [0.2, 0.25) is 0 Å². The van der Waals surface area contributed by atoms with Crippen molar-refractivity contribution in [3.63, 3.8) is 0 Å². The van der Waals surface area contributed by atoms with Gasteiger partial charge in [-0.1, -0.05) is 49.6 Å². The normalized spacial score (nSPS) is 19.3. The van der Waals surface area contributed by atoms with E-state index in [0.717, 1.165) is 31.2 Å². The Kier molecular flexibility index (Phi) is 5.60. The molecule has 0 spiro atoms. The monoisotopic (exact) mass is 276 g/mol. The summed E-state index contributed by atoms with van der Waals surface area (Å²) in [6.07, 6.45) is 4.89. The molecule has 2 unspecified atom stereocenters. The van der Waals surface area contributed by atoms with Gasteiger partial charge in [0, 0.05) is 0 Å². The van der Waals surface area contributed by atoms with E-state index < -0.39 is 12.0 Å². The molecule has 1 N–H and O–H groups in total. The van der Waals surface area contributed by atoms with Crippen LogP contribution in [-0.4, -0.2) is 23.8 Å². The highest BCUT2D eigenvalue weighted by atomic mass is 16.5. The molecule has 1 aliphatic rings. The fourth-order valence-electron chi connectivity index (χ4n) is 3.11. The van der Waals surface area contributed by atoms with Crippen LogP contribution in [0.3, 0.4) is 0 Å². The smallest absolute Gasteiger partial charge is 0.316 e. The van der Waals surface area contributed by atoms with Crippen LogP contribution in [0.4, 0.5) is 0 Å². The van der Waals surface area contributed by atoms with Gasteiger partial charge in [-0.3, -0.25) is 4.79 Å². The largest absolute Gasteiger partial charge is 0.465 e. The zero-order chi connectivity index (χ0) is 14.4. The van der Waals surface area contributed by atoms with Crippen LogP contribution in [-0.2, 0) is 9.53 Å². The molecule has 3 heteroatoms. The maximum Gasteiger partial charge on any atom is 0.316 e. The molecule has 0 heterocycles. The summed E-state index contributed by atoms with van der Waals surface area (Å²) in [6, 6.07) is 9.50. The molecule has 1 saturated carbocycles. The van der Waals surface area contributed by atoms with E-state index in [1.165, 1.54) is 6.42 Å². The molecule has 3 nitrogen and oxygen atoms in total. The van der Waals surface area contributed by atoms with Gasteiger partial charge < -0.3 is 9.84 Å². The highest BCUT2D eigenvalue weighted by Gasteiger charge is 2.35. The average Bonchev–Trinajstić information content (AvgIpc) is 2.50. The number of aliphatic hydroxyl groups excluding tert-OH is 1. The van der Waals surface area contributed by atoms with Gasteiger partial charge in [0.15, 0.2) is 0 Å². The van der Waals surface area contributed by atoms with Crippen molar-refractivity contribution in [3.05, 3.63) is 35.9 Å². The highest BCUT2D eigenvalue weighted by molar-refractivity contribution is 5.79. The summed E-state index contributed by atoms with van der Waals surface area (Å²) in [5.41, 5.74) is 0.851. The van der Waals surface area contributed by atoms with Gasteiger partial charge in [-0.05, 0) is 31.2 Å². The molecule has 1 aromatic rings. The first-order valence-electron chi connectivity index (χ1n) is 7.63. The molecule has 0 saturated heterocycles. The minimum atomic E-state index is -0.642. The zero-order valence-corrected chi connectivity index (χ0v) is 12.1. The zero-order valence-electron chi connectivity index (χ0n) is 12.1. The number of carbonyl (C=O) groups excluding carboxylic acids is 1.